The number of rotatable bonds is 3. The van der Waals surface area contributed by atoms with Gasteiger partial charge in [-0.3, -0.25) is 4.98 Å². The molecular formula is C13H12F2N2. The van der Waals surface area contributed by atoms with E-state index in [2.05, 4.69) is 4.98 Å². The number of nitrogens with two attached hydrogens (primary N) is 1. The van der Waals surface area contributed by atoms with Crippen LogP contribution in [0.4, 0.5) is 8.78 Å². The van der Waals surface area contributed by atoms with Crippen LogP contribution >= 0.6 is 0 Å². The predicted molar refractivity (Wildman–Crippen MR) is 61.2 cm³/mol. The quantitative estimate of drug-likeness (QED) is 0.886. The van der Waals surface area contributed by atoms with Gasteiger partial charge < -0.3 is 5.73 Å². The maximum absolute atomic E-state index is 13.4. The van der Waals surface area contributed by atoms with E-state index in [1.165, 1.54) is 6.07 Å². The van der Waals surface area contributed by atoms with Crippen molar-refractivity contribution in [1.29, 1.82) is 0 Å². The van der Waals surface area contributed by atoms with Crippen molar-refractivity contribution in [2.75, 3.05) is 0 Å². The minimum Gasteiger partial charge on any atom is -0.324 e. The van der Waals surface area contributed by atoms with E-state index < -0.39 is 11.6 Å². The van der Waals surface area contributed by atoms with E-state index in [9.17, 15) is 8.78 Å². The molecule has 2 N–H and O–H groups in total. The fourth-order valence-electron chi connectivity index (χ4n) is 1.65. The number of benzene rings is 1. The highest BCUT2D eigenvalue weighted by Crippen LogP contribution is 2.18. The lowest BCUT2D eigenvalue weighted by Gasteiger charge is -2.12. The predicted octanol–water partition coefficient (Wildman–Crippen LogP) is 2.60. The maximum Gasteiger partial charge on any atom is 0.126 e. The maximum atomic E-state index is 13.4. The molecule has 0 saturated heterocycles. The highest BCUT2D eigenvalue weighted by molar-refractivity contribution is 5.23. The lowest BCUT2D eigenvalue weighted by Crippen LogP contribution is -2.14. The molecule has 1 aromatic carbocycles. The van der Waals surface area contributed by atoms with Crippen LogP contribution in [0.25, 0.3) is 0 Å². The topological polar surface area (TPSA) is 38.9 Å². The summed E-state index contributed by atoms with van der Waals surface area (Å²) in [6, 6.07) is 6.56. The van der Waals surface area contributed by atoms with E-state index in [0.717, 1.165) is 17.7 Å². The first-order chi connectivity index (χ1) is 8.16. The third kappa shape index (κ3) is 2.85. The third-order valence-corrected chi connectivity index (χ3v) is 2.56. The number of halogens is 2. The van der Waals surface area contributed by atoms with Crippen LogP contribution in [0.1, 0.15) is 17.2 Å². The molecule has 0 aliphatic heterocycles. The van der Waals surface area contributed by atoms with Gasteiger partial charge in [-0.05, 0) is 41.8 Å². The molecule has 1 unspecified atom stereocenters. The van der Waals surface area contributed by atoms with Gasteiger partial charge in [0, 0.05) is 18.4 Å². The summed E-state index contributed by atoms with van der Waals surface area (Å²) in [6.45, 7) is 0. The van der Waals surface area contributed by atoms with Crippen molar-refractivity contribution >= 4 is 0 Å². The molecule has 1 aromatic heterocycles. The van der Waals surface area contributed by atoms with Gasteiger partial charge in [0.1, 0.15) is 11.6 Å². The van der Waals surface area contributed by atoms with Gasteiger partial charge in [0.25, 0.3) is 0 Å². The van der Waals surface area contributed by atoms with Crippen LogP contribution in [-0.2, 0) is 6.42 Å². The monoisotopic (exact) mass is 234 g/mol. The van der Waals surface area contributed by atoms with E-state index >= 15 is 0 Å². The lowest BCUT2D eigenvalue weighted by atomic mass is 10.0. The molecule has 1 atom stereocenters. The number of nitrogens with zero attached hydrogens (tertiary/aromatic N) is 1. The van der Waals surface area contributed by atoms with E-state index in [1.54, 1.807) is 18.5 Å². The highest BCUT2D eigenvalue weighted by atomic mass is 19.1. The molecule has 88 valence electrons. The average molecular weight is 234 g/mol. The Bertz CT molecular complexity index is 500. The Morgan fingerprint density at radius 2 is 2.06 bits per heavy atom. The number of aromatic nitrogens is 1. The molecular weight excluding hydrogens is 222 g/mol. The van der Waals surface area contributed by atoms with Crippen LogP contribution < -0.4 is 5.73 Å². The molecule has 0 radical (unpaired) electrons. The smallest absolute Gasteiger partial charge is 0.126 e. The third-order valence-electron chi connectivity index (χ3n) is 2.56. The molecule has 1 heterocycles. The molecule has 2 nitrogen and oxygen atoms in total. The van der Waals surface area contributed by atoms with Gasteiger partial charge >= 0.3 is 0 Å². The molecule has 0 saturated carbocycles. The van der Waals surface area contributed by atoms with Gasteiger partial charge in [-0.2, -0.15) is 0 Å². The van der Waals surface area contributed by atoms with Gasteiger partial charge in [-0.15, -0.1) is 0 Å². The minimum absolute atomic E-state index is 0.245. The standard InChI is InChI=1S/C13H12F2N2/c14-11-3-4-12(15)10(6-11)7-13(16)9-2-1-5-17-8-9/h1-6,8,13H,7,16H2. The molecule has 2 rings (SSSR count). The van der Waals surface area contributed by atoms with E-state index in [-0.39, 0.29) is 18.0 Å². The first-order valence-electron chi connectivity index (χ1n) is 5.26. The van der Waals surface area contributed by atoms with Gasteiger partial charge in [-0.25, -0.2) is 8.78 Å². The molecule has 0 aliphatic carbocycles. The molecule has 0 spiro atoms. The van der Waals surface area contributed by atoms with Crippen LogP contribution in [0, 0.1) is 11.6 Å². The van der Waals surface area contributed by atoms with Crippen LogP contribution in [0.2, 0.25) is 0 Å². The summed E-state index contributed by atoms with van der Waals surface area (Å²) in [4.78, 5) is 3.94. The number of hydrogen-bond donors (Lipinski definition) is 1. The fraction of sp³-hybridized carbons (Fsp3) is 0.154. The van der Waals surface area contributed by atoms with E-state index in [4.69, 9.17) is 5.73 Å². The van der Waals surface area contributed by atoms with Gasteiger partial charge in [0.05, 0.1) is 0 Å². The lowest BCUT2D eigenvalue weighted by molar-refractivity contribution is 0.572. The molecule has 17 heavy (non-hydrogen) atoms. The van der Waals surface area contributed by atoms with E-state index in [1.807, 2.05) is 6.07 Å². The first-order valence-corrected chi connectivity index (χ1v) is 5.26. The van der Waals surface area contributed by atoms with Crippen LogP contribution in [0.3, 0.4) is 0 Å². The highest BCUT2D eigenvalue weighted by Gasteiger charge is 2.11. The van der Waals surface area contributed by atoms with Crippen LogP contribution in [0.15, 0.2) is 42.7 Å². The summed E-state index contributed by atoms with van der Waals surface area (Å²) in [5, 5.41) is 0. The average Bonchev–Trinajstić information content (AvgIpc) is 2.35. The van der Waals surface area contributed by atoms with Gasteiger partial charge in [-0.1, -0.05) is 6.07 Å². The SMILES string of the molecule is NC(Cc1cc(F)ccc1F)c1cccnc1. The minimum atomic E-state index is -0.459. The second kappa shape index (κ2) is 5.01. The van der Waals surface area contributed by atoms with Crippen molar-refractivity contribution in [2.45, 2.75) is 12.5 Å². The molecule has 4 heteroatoms. The largest absolute Gasteiger partial charge is 0.324 e. The van der Waals surface area contributed by atoms with Crippen molar-refractivity contribution in [3.8, 4) is 0 Å². The molecule has 0 amide bonds. The summed E-state index contributed by atoms with van der Waals surface area (Å²) in [5.41, 5.74) is 7.00. The molecule has 2 aromatic rings. The summed E-state index contributed by atoms with van der Waals surface area (Å²) < 4.78 is 26.4. The molecule has 0 fully saturated rings. The van der Waals surface area contributed by atoms with Crippen molar-refractivity contribution in [1.82, 2.24) is 4.98 Å². The zero-order valence-electron chi connectivity index (χ0n) is 9.11. The Hall–Kier alpha value is -1.81. The van der Waals surface area contributed by atoms with Crippen LogP contribution in [0.5, 0.6) is 0 Å². The Balaban J connectivity index is 2.18. The van der Waals surface area contributed by atoms with Crippen molar-refractivity contribution in [3.05, 3.63) is 65.5 Å². The van der Waals surface area contributed by atoms with Crippen LogP contribution in [-0.4, -0.2) is 4.98 Å². The molecule has 0 bridgehead atoms. The summed E-state index contributed by atoms with van der Waals surface area (Å²) in [5.74, 6) is -0.898. The Morgan fingerprint density at radius 3 is 2.76 bits per heavy atom. The summed E-state index contributed by atoms with van der Waals surface area (Å²) in [7, 11) is 0. The van der Waals surface area contributed by atoms with Crippen molar-refractivity contribution in [2.24, 2.45) is 5.73 Å². The summed E-state index contributed by atoms with van der Waals surface area (Å²) >= 11 is 0. The summed E-state index contributed by atoms with van der Waals surface area (Å²) in [6.07, 6.45) is 3.51. The number of pyridine rings is 1. The second-order valence-corrected chi connectivity index (χ2v) is 3.83. The van der Waals surface area contributed by atoms with Gasteiger partial charge in [0.2, 0.25) is 0 Å². The Labute approximate surface area is 98.1 Å². The Kier molecular flexibility index (Phi) is 3.44. The normalized spacial score (nSPS) is 12.4. The van der Waals surface area contributed by atoms with Crippen molar-refractivity contribution < 1.29 is 8.78 Å². The second-order valence-electron chi connectivity index (χ2n) is 3.83. The molecule has 0 aliphatic rings. The van der Waals surface area contributed by atoms with Gasteiger partial charge in [0.15, 0.2) is 0 Å². The zero-order chi connectivity index (χ0) is 12.3. The van der Waals surface area contributed by atoms with E-state index in [0.29, 0.717) is 0 Å². The zero-order valence-corrected chi connectivity index (χ0v) is 9.11. The Morgan fingerprint density at radius 1 is 1.24 bits per heavy atom. The first kappa shape index (κ1) is 11.7. The van der Waals surface area contributed by atoms with Crippen molar-refractivity contribution in [3.63, 3.8) is 0 Å². The number of hydrogen-bond acceptors (Lipinski definition) is 2. The fourth-order valence-corrected chi connectivity index (χ4v) is 1.65.